The molecule has 0 unspecified atom stereocenters. The van der Waals surface area contributed by atoms with Gasteiger partial charge < -0.3 is 20.7 Å². The van der Waals surface area contributed by atoms with Crippen LogP contribution in [0.3, 0.4) is 0 Å². The number of methoxy groups -OCH3 is 1. The van der Waals surface area contributed by atoms with Gasteiger partial charge in [-0.15, -0.1) is 0 Å². The van der Waals surface area contributed by atoms with Crippen molar-refractivity contribution in [2.45, 2.75) is 33.3 Å². The first-order chi connectivity index (χ1) is 8.41. The smallest absolute Gasteiger partial charge is 0.216 e. The van der Waals surface area contributed by atoms with Crippen molar-refractivity contribution in [3.63, 3.8) is 0 Å². The number of hydrogen-bond donors (Lipinski definition) is 3. The molecule has 18 heavy (non-hydrogen) atoms. The van der Waals surface area contributed by atoms with Crippen LogP contribution in [0.5, 0.6) is 0 Å². The number of nitrogens with zero attached hydrogens (tertiary/aromatic N) is 1. The Hall–Kier alpha value is -1.30. The van der Waals surface area contributed by atoms with Gasteiger partial charge in [-0.1, -0.05) is 0 Å². The molecule has 0 spiro atoms. The molecule has 106 valence electrons. The predicted molar refractivity (Wildman–Crippen MR) is 73.8 cm³/mol. The second kappa shape index (κ2) is 8.74. The molecule has 0 aliphatic carbocycles. The highest BCUT2D eigenvalue weighted by atomic mass is 16.5. The number of nitrogens with one attached hydrogen (secondary N) is 3. The van der Waals surface area contributed by atoms with Crippen LogP contribution < -0.4 is 16.0 Å². The summed E-state index contributed by atoms with van der Waals surface area (Å²) in [4.78, 5) is 15.1. The molecule has 0 atom stereocenters. The van der Waals surface area contributed by atoms with E-state index in [1.807, 2.05) is 20.8 Å². The number of ether oxygens (including phenoxy) is 1. The Balaban J connectivity index is 4.12. The fourth-order valence-corrected chi connectivity index (χ4v) is 1.10. The van der Waals surface area contributed by atoms with Crippen molar-refractivity contribution in [1.82, 2.24) is 16.0 Å². The van der Waals surface area contributed by atoms with Crippen molar-refractivity contribution >= 4 is 11.9 Å². The Morgan fingerprint density at radius 2 is 1.83 bits per heavy atom. The van der Waals surface area contributed by atoms with Crippen molar-refractivity contribution in [3.05, 3.63) is 0 Å². The van der Waals surface area contributed by atoms with Crippen LogP contribution in [0.2, 0.25) is 0 Å². The summed E-state index contributed by atoms with van der Waals surface area (Å²) in [5, 5.41) is 9.00. The van der Waals surface area contributed by atoms with E-state index < -0.39 is 0 Å². The zero-order valence-electron chi connectivity index (χ0n) is 12.1. The summed E-state index contributed by atoms with van der Waals surface area (Å²) < 4.78 is 5.30. The summed E-state index contributed by atoms with van der Waals surface area (Å²) in [7, 11) is 1.67. The molecule has 6 nitrogen and oxygen atoms in total. The Labute approximate surface area is 110 Å². The van der Waals surface area contributed by atoms with E-state index in [4.69, 9.17) is 4.74 Å². The molecule has 0 aromatic heterocycles. The number of guanidine groups is 1. The molecule has 0 saturated heterocycles. The van der Waals surface area contributed by atoms with Crippen molar-refractivity contribution in [2.75, 3.05) is 33.3 Å². The zero-order valence-corrected chi connectivity index (χ0v) is 12.1. The largest absolute Gasteiger partial charge is 0.377 e. The average Bonchev–Trinajstić information content (AvgIpc) is 2.31. The van der Waals surface area contributed by atoms with Crippen LogP contribution in [-0.4, -0.2) is 50.8 Å². The topological polar surface area (TPSA) is 74.8 Å². The molecule has 1 amide bonds. The van der Waals surface area contributed by atoms with E-state index in [0.29, 0.717) is 19.6 Å². The van der Waals surface area contributed by atoms with E-state index in [0.717, 1.165) is 12.5 Å². The normalized spacial score (nSPS) is 12.2. The maximum absolute atomic E-state index is 10.7. The fourth-order valence-electron chi connectivity index (χ4n) is 1.10. The van der Waals surface area contributed by atoms with Crippen molar-refractivity contribution in [2.24, 2.45) is 4.99 Å². The molecule has 0 aliphatic rings. The van der Waals surface area contributed by atoms with Gasteiger partial charge in [-0.3, -0.25) is 9.79 Å². The van der Waals surface area contributed by atoms with Gasteiger partial charge in [-0.25, -0.2) is 0 Å². The van der Waals surface area contributed by atoms with Gasteiger partial charge in [-0.05, 0) is 20.8 Å². The lowest BCUT2D eigenvalue weighted by Crippen LogP contribution is -2.42. The third-order valence-electron chi connectivity index (χ3n) is 2.31. The number of carbonyl (C=O) groups excluding carboxylic acids is 1. The van der Waals surface area contributed by atoms with Gasteiger partial charge in [-0.2, -0.15) is 0 Å². The highest BCUT2D eigenvalue weighted by Crippen LogP contribution is 2.06. The lowest BCUT2D eigenvalue weighted by molar-refractivity contribution is -0.118. The Morgan fingerprint density at radius 1 is 1.22 bits per heavy atom. The van der Waals surface area contributed by atoms with Crippen LogP contribution in [0.25, 0.3) is 0 Å². The fraction of sp³-hybridized carbons (Fsp3) is 0.833. The minimum Gasteiger partial charge on any atom is -0.377 e. The molecule has 6 heteroatoms. The van der Waals surface area contributed by atoms with Crippen molar-refractivity contribution < 1.29 is 9.53 Å². The number of rotatable bonds is 7. The first-order valence-corrected chi connectivity index (χ1v) is 6.23. The summed E-state index contributed by atoms with van der Waals surface area (Å²) in [6.45, 7) is 10.0. The van der Waals surface area contributed by atoms with E-state index >= 15 is 0 Å². The van der Waals surface area contributed by atoms with Crippen LogP contribution in [0.15, 0.2) is 4.99 Å². The monoisotopic (exact) mass is 258 g/mol. The first kappa shape index (κ1) is 16.7. The van der Waals surface area contributed by atoms with Gasteiger partial charge in [0.05, 0.1) is 12.1 Å². The molecule has 0 fully saturated rings. The Kier molecular flexibility index (Phi) is 8.11. The van der Waals surface area contributed by atoms with E-state index in [-0.39, 0.29) is 11.5 Å². The van der Waals surface area contributed by atoms with E-state index in [9.17, 15) is 4.79 Å². The van der Waals surface area contributed by atoms with Gasteiger partial charge >= 0.3 is 0 Å². The molecule has 0 aromatic carbocycles. The molecular formula is C12H26N4O2. The van der Waals surface area contributed by atoms with Crippen LogP contribution in [0, 0.1) is 0 Å². The van der Waals surface area contributed by atoms with Gasteiger partial charge in [0.25, 0.3) is 0 Å². The van der Waals surface area contributed by atoms with Gasteiger partial charge in [0.15, 0.2) is 5.96 Å². The van der Waals surface area contributed by atoms with Gasteiger partial charge in [0, 0.05) is 33.7 Å². The summed E-state index contributed by atoms with van der Waals surface area (Å²) >= 11 is 0. The van der Waals surface area contributed by atoms with Crippen LogP contribution in [0.1, 0.15) is 27.7 Å². The first-order valence-electron chi connectivity index (χ1n) is 6.23. The van der Waals surface area contributed by atoms with Crippen LogP contribution >= 0.6 is 0 Å². The second-order valence-electron chi connectivity index (χ2n) is 4.57. The lowest BCUT2D eigenvalue weighted by atomic mass is 10.1. The number of aliphatic imine (C=N–C) groups is 1. The molecule has 0 radical (unpaired) electrons. The lowest BCUT2D eigenvalue weighted by Gasteiger charge is -2.21. The Bertz CT molecular complexity index is 277. The molecule has 0 heterocycles. The minimum atomic E-state index is -0.278. The van der Waals surface area contributed by atoms with Gasteiger partial charge in [0.1, 0.15) is 0 Å². The third kappa shape index (κ3) is 8.81. The van der Waals surface area contributed by atoms with E-state index in [2.05, 4.69) is 20.9 Å². The summed E-state index contributed by atoms with van der Waals surface area (Å²) in [6.07, 6.45) is 0. The summed E-state index contributed by atoms with van der Waals surface area (Å²) in [5.41, 5.74) is -0.278. The highest BCUT2D eigenvalue weighted by Gasteiger charge is 2.15. The highest BCUT2D eigenvalue weighted by molar-refractivity contribution is 5.79. The molecule has 0 aromatic rings. The van der Waals surface area contributed by atoms with Crippen LogP contribution in [-0.2, 0) is 9.53 Å². The molecule has 3 N–H and O–H groups in total. The SMILES string of the molecule is CCNC(=NCC(C)(C)OC)NCCNC(C)=O. The summed E-state index contributed by atoms with van der Waals surface area (Å²) in [5.74, 6) is 0.701. The average molecular weight is 258 g/mol. The molecule has 0 aliphatic heterocycles. The molecule has 0 bridgehead atoms. The predicted octanol–water partition coefficient (Wildman–Crippen LogP) is 0.103. The standard InChI is InChI=1S/C12H26N4O2/c1-6-13-11(15-8-7-14-10(2)17)16-9-12(3,4)18-5/h6-9H2,1-5H3,(H,14,17)(H2,13,15,16). The molecule has 0 rings (SSSR count). The second-order valence-corrected chi connectivity index (χ2v) is 4.57. The molecular weight excluding hydrogens is 232 g/mol. The quantitative estimate of drug-likeness (QED) is 0.344. The van der Waals surface area contributed by atoms with Crippen molar-refractivity contribution in [3.8, 4) is 0 Å². The van der Waals surface area contributed by atoms with Crippen molar-refractivity contribution in [1.29, 1.82) is 0 Å². The zero-order chi connectivity index (χ0) is 14.0. The Morgan fingerprint density at radius 3 is 2.33 bits per heavy atom. The van der Waals surface area contributed by atoms with Gasteiger partial charge in [0.2, 0.25) is 5.91 Å². The summed E-state index contributed by atoms with van der Waals surface area (Å²) in [6, 6.07) is 0. The maximum atomic E-state index is 10.7. The van der Waals surface area contributed by atoms with Crippen LogP contribution in [0.4, 0.5) is 0 Å². The van der Waals surface area contributed by atoms with E-state index in [1.54, 1.807) is 7.11 Å². The third-order valence-corrected chi connectivity index (χ3v) is 2.31. The number of hydrogen-bond acceptors (Lipinski definition) is 3. The minimum absolute atomic E-state index is 0.0285. The number of carbonyl (C=O) groups is 1. The van der Waals surface area contributed by atoms with E-state index in [1.165, 1.54) is 6.92 Å². The number of amides is 1. The maximum Gasteiger partial charge on any atom is 0.216 e. The molecule has 0 saturated carbocycles.